The van der Waals surface area contributed by atoms with Crippen molar-refractivity contribution in [2.75, 3.05) is 12.3 Å². The van der Waals surface area contributed by atoms with E-state index in [9.17, 15) is 8.42 Å². The first kappa shape index (κ1) is 14.1. The summed E-state index contributed by atoms with van der Waals surface area (Å²) in [5.74, 6) is 1.81. The molecule has 2 aliphatic rings. The van der Waals surface area contributed by atoms with E-state index in [2.05, 4.69) is 12.2 Å². The first-order valence-electron chi connectivity index (χ1n) is 7.63. The SMILES string of the molecule is CC1CCCC1CNC1CCS(=O)(=O)c2ccccc21. The summed E-state index contributed by atoms with van der Waals surface area (Å²) < 4.78 is 24.2. The van der Waals surface area contributed by atoms with E-state index in [0.717, 1.165) is 23.9 Å². The van der Waals surface area contributed by atoms with Crippen molar-refractivity contribution in [3.8, 4) is 0 Å². The van der Waals surface area contributed by atoms with Crippen molar-refractivity contribution in [2.45, 2.75) is 43.5 Å². The molecular formula is C16H23NO2S. The van der Waals surface area contributed by atoms with Crippen molar-refractivity contribution >= 4 is 9.84 Å². The maximum absolute atomic E-state index is 12.1. The molecule has 0 amide bonds. The quantitative estimate of drug-likeness (QED) is 0.932. The summed E-state index contributed by atoms with van der Waals surface area (Å²) in [6.07, 6.45) is 4.67. The minimum absolute atomic E-state index is 0.197. The van der Waals surface area contributed by atoms with Crippen LogP contribution in [-0.2, 0) is 9.84 Å². The second kappa shape index (κ2) is 5.49. The fourth-order valence-corrected chi connectivity index (χ4v) is 5.24. The molecule has 1 saturated carbocycles. The molecule has 1 aromatic carbocycles. The number of hydrogen-bond donors (Lipinski definition) is 1. The molecule has 110 valence electrons. The molecule has 0 saturated heterocycles. The lowest BCUT2D eigenvalue weighted by Gasteiger charge is -2.28. The lowest BCUT2D eigenvalue weighted by molar-refractivity contribution is 0.361. The zero-order chi connectivity index (χ0) is 14.2. The Kier molecular flexibility index (Phi) is 3.87. The summed E-state index contributed by atoms with van der Waals surface area (Å²) in [7, 11) is -3.06. The summed E-state index contributed by atoms with van der Waals surface area (Å²) in [5, 5.41) is 3.62. The van der Waals surface area contributed by atoms with Crippen molar-refractivity contribution in [2.24, 2.45) is 11.8 Å². The van der Waals surface area contributed by atoms with Crippen LogP contribution in [0.15, 0.2) is 29.2 Å². The Bertz CT molecular complexity index is 582. The van der Waals surface area contributed by atoms with Crippen LogP contribution in [0.3, 0.4) is 0 Å². The molecule has 3 atom stereocenters. The van der Waals surface area contributed by atoms with Crippen molar-refractivity contribution in [3.05, 3.63) is 29.8 Å². The van der Waals surface area contributed by atoms with Gasteiger partial charge in [-0.25, -0.2) is 8.42 Å². The van der Waals surface area contributed by atoms with Crippen LogP contribution in [-0.4, -0.2) is 20.7 Å². The smallest absolute Gasteiger partial charge is 0.178 e. The molecule has 3 unspecified atom stereocenters. The zero-order valence-electron chi connectivity index (χ0n) is 12.0. The molecule has 0 spiro atoms. The van der Waals surface area contributed by atoms with Crippen molar-refractivity contribution < 1.29 is 8.42 Å². The fraction of sp³-hybridized carbons (Fsp3) is 0.625. The van der Waals surface area contributed by atoms with E-state index in [1.807, 2.05) is 18.2 Å². The standard InChI is InChI=1S/C16H23NO2S/c1-12-5-4-6-13(12)11-17-15-9-10-20(18,19)16-8-3-2-7-14(15)16/h2-3,7-8,12-13,15,17H,4-6,9-11H2,1H3. The Labute approximate surface area is 121 Å². The van der Waals surface area contributed by atoms with Gasteiger partial charge in [0.2, 0.25) is 0 Å². The number of benzene rings is 1. The summed E-state index contributed by atoms with van der Waals surface area (Å²) in [6.45, 7) is 3.35. The van der Waals surface area contributed by atoms with E-state index in [4.69, 9.17) is 0 Å². The highest BCUT2D eigenvalue weighted by Gasteiger charge is 2.31. The molecule has 1 heterocycles. The second-order valence-corrected chi connectivity index (χ2v) is 8.35. The summed E-state index contributed by atoms with van der Waals surface area (Å²) in [6, 6.07) is 7.66. The van der Waals surface area contributed by atoms with Crippen LogP contribution < -0.4 is 5.32 Å². The molecule has 3 rings (SSSR count). The molecule has 0 radical (unpaired) electrons. The fourth-order valence-electron chi connectivity index (χ4n) is 3.62. The highest BCUT2D eigenvalue weighted by atomic mass is 32.2. The number of rotatable bonds is 3. The minimum atomic E-state index is -3.06. The molecule has 1 N–H and O–H groups in total. The van der Waals surface area contributed by atoms with Gasteiger partial charge in [0.05, 0.1) is 10.6 Å². The molecule has 1 aromatic rings. The summed E-state index contributed by atoms with van der Waals surface area (Å²) in [4.78, 5) is 0.531. The Morgan fingerprint density at radius 3 is 2.75 bits per heavy atom. The lowest BCUT2D eigenvalue weighted by Crippen LogP contribution is -2.33. The van der Waals surface area contributed by atoms with Gasteiger partial charge in [0.25, 0.3) is 0 Å². The van der Waals surface area contributed by atoms with Gasteiger partial charge in [-0.3, -0.25) is 0 Å². The van der Waals surface area contributed by atoms with Crippen LogP contribution in [0.4, 0.5) is 0 Å². The third kappa shape index (κ3) is 2.63. The van der Waals surface area contributed by atoms with Gasteiger partial charge in [-0.2, -0.15) is 0 Å². The van der Waals surface area contributed by atoms with Crippen LogP contribution in [0, 0.1) is 11.8 Å². The number of nitrogens with one attached hydrogen (secondary N) is 1. The van der Waals surface area contributed by atoms with Gasteiger partial charge in [-0.05, 0) is 42.9 Å². The van der Waals surface area contributed by atoms with Crippen LogP contribution in [0.5, 0.6) is 0 Å². The average Bonchev–Trinajstić information content (AvgIpc) is 2.84. The first-order valence-corrected chi connectivity index (χ1v) is 9.28. The normalized spacial score (nSPS) is 31.9. The molecule has 1 aliphatic carbocycles. The van der Waals surface area contributed by atoms with Gasteiger partial charge >= 0.3 is 0 Å². The van der Waals surface area contributed by atoms with Crippen LogP contribution in [0.1, 0.15) is 44.2 Å². The van der Waals surface area contributed by atoms with Gasteiger partial charge in [-0.15, -0.1) is 0 Å². The largest absolute Gasteiger partial charge is 0.310 e. The van der Waals surface area contributed by atoms with E-state index >= 15 is 0 Å². The second-order valence-electron chi connectivity index (χ2n) is 6.27. The third-order valence-corrected chi connectivity index (χ3v) is 6.79. The van der Waals surface area contributed by atoms with Crippen molar-refractivity contribution in [1.29, 1.82) is 0 Å². The Balaban J connectivity index is 1.75. The van der Waals surface area contributed by atoms with E-state index in [1.165, 1.54) is 19.3 Å². The highest BCUT2D eigenvalue weighted by Crippen LogP contribution is 2.34. The monoisotopic (exact) mass is 293 g/mol. The number of fused-ring (bicyclic) bond motifs is 1. The van der Waals surface area contributed by atoms with Gasteiger partial charge in [-0.1, -0.05) is 38.0 Å². The molecule has 1 fully saturated rings. The summed E-state index contributed by atoms with van der Waals surface area (Å²) in [5.41, 5.74) is 0.962. The molecule has 4 heteroatoms. The first-order chi connectivity index (χ1) is 9.58. The topological polar surface area (TPSA) is 46.2 Å². The van der Waals surface area contributed by atoms with Crippen LogP contribution in [0.2, 0.25) is 0 Å². The Hall–Kier alpha value is -0.870. The van der Waals surface area contributed by atoms with Crippen LogP contribution >= 0.6 is 0 Å². The van der Waals surface area contributed by atoms with E-state index in [0.29, 0.717) is 11.3 Å². The van der Waals surface area contributed by atoms with E-state index in [1.54, 1.807) is 6.07 Å². The van der Waals surface area contributed by atoms with Gasteiger partial charge in [0.1, 0.15) is 0 Å². The van der Waals surface area contributed by atoms with Crippen LogP contribution in [0.25, 0.3) is 0 Å². The molecule has 3 nitrogen and oxygen atoms in total. The molecule has 0 bridgehead atoms. The maximum atomic E-state index is 12.1. The van der Waals surface area contributed by atoms with Gasteiger partial charge < -0.3 is 5.32 Å². The molecule has 0 aromatic heterocycles. The number of hydrogen-bond acceptors (Lipinski definition) is 3. The van der Waals surface area contributed by atoms with Gasteiger partial charge in [0.15, 0.2) is 9.84 Å². The molecule has 20 heavy (non-hydrogen) atoms. The Morgan fingerprint density at radius 1 is 1.20 bits per heavy atom. The van der Waals surface area contributed by atoms with Gasteiger partial charge in [0, 0.05) is 6.04 Å². The third-order valence-electron chi connectivity index (χ3n) is 4.97. The van der Waals surface area contributed by atoms with E-state index < -0.39 is 9.84 Å². The Morgan fingerprint density at radius 2 is 2.00 bits per heavy atom. The predicted molar refractivity (Wildman–Crippen MR) is 80.4 cm³/mol. The zero-order valence-corrected chi connectivity index (χ0v) is 12.8. The number of sulfone groups is 1. The highest BCUT2D eigenvalue weighted by molar-refractivity contribution is 7.91. The summed E-state index contributed by atoms with van der Waals surface area (Å²) >= 11 is 0. The predicted octanol–water partition coefficient (Wildman–Crippen LogP) is 2.93. The maximum Gasteiger partial charge on any atom is 0.178 e. The molecular weight excluding hydrogens is 270 g/mol. The minimum Gasteiger partial charge on any atom is -0.310 e. The average molecular weight is 293 g/mol. The van der Waals surface area contributed by atoms with Crippen molar-refractivity contribution in [1.82, 2.24) is 5.32 Å². The van der Waals surface area contributed by atoms with Crippen molar-refractivity contribution in [3.63, 3.8) is 0 Å². The van der Waals surface area contributed by atoms with E-state index in [-0.39, 0.29) is 11.8 Å². The lowest BCUT2D eigenvalue weighted by atomic mass is 9.96. The molecule has 1 aliphatic heterocycles.